The number of rotatable bonds is 5. The normalized spacial score (nSPS) is 25.7. The van der Waals surface area contributed by atoms with Gasteiger partial charge in [-0.25, -0.2) is 0 Å². The van der Waals surface area contributed by atoms with Crippen LogP contribution in [0.25, 0.3) is 0 Å². The number of hydrogen-bond acceptors (Lipinski definition) is 4. The Kier molecular flexibility index (Phi) is 4.97. The highest BCUT2D eigenvalue weighted by atomic mass is 35.5. The summed E-state index contributed by atoms with van der Waals surface area (Å²) in [6, 6.07) is 6.77. The first-order valence-corrected chi connectivity index (χ1v) is 9.36. The molecule has 7 heteroatoms. The van der Waals surface area contributed by atoms with Gasteiger partial charge in [-0.1, -0.05) is 11.6 Å². The minimum absolute atomic E-state index is 0.0128. The largest absolute Gasteiger partial charge is 0.492 e. The molecule has 0 radical (unpaired) electrons. The molecule has 0 aromatic heterocycles. The van der Waals surface area contributed by atoms with E-state index in [1.165, 1.54) is 0 Å². The Morgan fingerprint density at radius 2 is 2.17 bits per heavy atom. The van der Waals surface area contributed by atoms with E-state index in [1.54, 1.807) is 52.9 Å². The Bertz CT molecular complexity index is 639. The summed E-state index contributed by atoms with van der Waals surface area (Å²) in [6.45, 7) is 2.93. The molecule has 2 aliphatic rings. The summed E-state index contributed by atoms with van der Waals surface area (Å²) in [5.74, 6) is 1.47. The van der Waals surface area contributed by atoms with Gasteiger partial charge in [0.15, 0.2) is 0 Å². The Morgan fingerprint density at radius 1 is 1.46 bits per heavy atom. The Hall–Kier alpha value is -1.40. The van der Waals surface area contributed by atoms with E-state index in [2.05, 4.69) is 6.92 Å². The molecule has 0 saturated carbocycles. The number of likely N-dealkylation sites (N-methyl/N-ethyl adjacent to an activating group) is 1. The second-order valence-corrected chi connectivity index (χ2v) is 8.27. The molecule has 0 spiro atoms. The van der Waals surface area contributed by atoms with Crippen molar-refractivity contribution in [3.05, 3.63) is 29.3 Å². The van der Waals surface area contributed by atoms with Gasteiger partial charge in [-0.3, -0.25) is 9.59 Å². The zero-order chi connectivity index (χ0) is 17.3. The maximum atomic E-state index is 12.7. The molecule has 24 heavy (non-hydrogen) atoms. The van der Waals surface area contributed by atoms with E-state index in [0.29, 0.717) is 30.3 Å². The molecule has 2 fully saturated rings. The van der Waals surface area contributed by atoms with Gasteiger partial charge in [0, 0.05) is 24.2 Å². The molecule has 0 N–H and O–H groups in total. The minimum Gasteiger partial charge on any atom is -0.492 e. The van der Waals surface area contributed by atoms with E-state index in [0.717, 1.165) is 12.2 Å². The molecule has 0 aliphatic carbocycles. The lowest BCUT2D eigenvalue weighted by molar-refractivity contribution is -0.143. The van der Waals surface area contributed by atoms with Crippen LogP contribution >= 0.6 is 23.4 Å². The first kappa shape index (κ1) is 17.4. The standard InChI is InChI=1S/C17H21ClN2O3S/c1-17-8-7-15(21)20(17)14(11-24-17)16(22)19(2)9-10-23-13-5-3-12(18)4-6-13/h3-6,14H,7-11H2,1-2H3/t14-,17-/m0/s1. The van der Waals surface area contributed by atoms with Gasteiger partial charge in [0.05, 0.1) is 11.4 Å². The number of ether oxygens (including phenoxy) is 1. The number of benzene rings is 1. The second-order valence-electron chi connectivity index (χ2n) is 6.33. The van der Waals surface area contributed by atoms with Gasteiger partial charge in [0.1, 0.15) is 18.4 Å². The van der Waals surface area contributed by atoms with Crippen LogP contribution in [-0.2, 0) is 9.59 Å². The van der Waals surface area contributed by atoms with Gasteiger partial charge >= 0.3 is 0 Å². The predicted octanol–water partition coefficient (Wildman–Crippen LogP) is 2.63. The number of carbonyl (C=O) groups excluding carboxylic acids is 2. The molecule has 5 nitrogen and oxygen atoms in total. The van der Waals surface area contributed by atoms with Crippen molar-refractivity contribution in [2.45, 2.75) is 30.7 Å². The van der Waals surface area contributed by atoms with Crippen LogP contribution in [0.2, 0.25) is 5.02 Å². The van der Waals surface area contributed by atoms with Gasteiger partial charge in [0.2, 0.25) is 11.8 Å². The Labute approximate surface area is 151 Å². The zero-order valence-corrected chi connectivity index (χ0v) is 15.4. The third-order valence-corrected chi connectivity index (χ3v) is 6.37. The molecule has 130 valence electrons. The van der Waals surface area contributed by atoms with Crippen molar-refractivity contribution >= 4 is 35.2 Å². The third kappa shape index (κ3) is 3.35. The van der Waals surface area contributed by atoms with Gasteiger partial charge in [0.25, 0.3) is 0 Å². The molecule has 2 amide bonds. The molecule has 0 unspecified atom stereocenters. The molecule has 3 rings (SSSR count). The van der Waals surface area contributed by atoms with Gasteiger partial charge in [-0.2, -0.15) is 0 Å². The average molecular weight is 369 g/mol. The summed E-state index contributed by atoms with van der Waals surface area (Å²) in [5.41, 5.74) is 0. The van der Waals surface area contributed by atoms with Crippen LogP contribution in [0.4, 0.5) is 0 Å². The summed E-state index contributed by atoms with van der Waals surface area (Å²) in [6.07, 6.45) is 1.36. The van der Waals surface area contributed by atoms with E-state index in [1.807, 2.05) is 0 Å². The smallest absolute Gasteiger partial charge is 0.246 e. The third-order valence-electron chi connectivity index (χ3n) is 4.62. The fourth-order valence-corrected chi connectivity index (χ4v) is 4.75. The van der Waals surface area contributed by atoms with Crippen molar-refractivity contribution in [3.8, 4) is 5.75 Å². The van der Waals surface area contributed by atoms with Gasteiger partial charge in [-0.05, 0) is 37.6 Å². The van der Waals surface area contributed by atoms with Gasteiger partial charge < -0.3 is 14.5 Å². The summed E-state index contributed by atoms with van der Waals surface area (Å²) < 4.78 is 5.63. The first-order valence-electron chi connectivity index (χ1n) is 8.00. The molecule has 2 heterocycles. The second kappa shape index (κ2) is 6.84. The summed E-state index contributed by atoms with van der Waals surface area (Å²) in [5, 5.41) is 0.659. The highest BCUT2D eigenvalue weighted by Crippen LogP contribution is 2.47. The minimum atomic E-state index is -0.351. The molecule has 2 atom stereocenters. The maximum absolute atomic E-state index is 12.7. The number of hydrogen-bond donors (Lipinski definition) is 0. The molecule has 2 aliphatic heterocycles. The fraction of sp³-hybridized carbons (Fsp3) is 0.529. The Balaban J connectivity index is 1.53. The van der Waals surface area contributed by atoms with E-state index >= 15 is 0 Å². The van der Waals surface area contributed by atoms with Crippen molar-refractivity contribution in [3.63, 3.8) is 0 Å². The van der Waals surface area contributed by atoms with Crippen molar-refractivity contribution in [2.75, 3.05) is 26.0 Å². The summed E-state index contributed by atoms with van der Waals surface area (Å²) in [4.78, 5) is 28.1. The molecule has 0 bridgehead atoms. The fourth-order valence-electron chi connectivity index (χ4n) is 3.20. The zero-order valence-electron chi connectivity index (χ0n) is 13.8. The number of thioether (sulfide) groups is 1. The van der Waals surface area contributed by atoms with Crippen LogP contribution in [-0.4, -0.2) is 58.5 Å². The number of nitrogens with zero attached hydrogens (tertiary/aromatic N) is 2. The number of amides is 2. The van der Waals surface area contributed by atoms with Crippen molar-refractivity contribution < 1.29 is 14.3 Å². The number of carbonyl (C=O) groups is 2. The van der Waals surface area contributed by atoms with E-state index in [-0.39, 0.29) is 22.7 Å². The van der Waals surface area contributed by atoms with E-state index < -0.39 is 0 Å². The van der Waals surface area contributed by atoms with Crippen molar-refractivity contribution in [1.82, 2.24) is 9.80 Å². The highest BCUT2D eigenvalue weighted by Gasteiger charge is 2.53. The monoisotopic (exact) mass is 368 g/mol. The van der Waals surface area contributed by atoms with Crippen LogP contribution in [0, 0.1) is 0 Å². The number of halogens is 1. The first-order chi connectivity index (χ1) is 11.4. The van der Waals surface area contributed by atoms with Crippen LogP contribution in [0.5, 0.6) is 5.75 Å². The Morgan fingerprint density at radius 3 is 2.88 bits per heavy atom. The highest BCUT2D eigenvalue weighted by molar-refractivity contribution is 8.01. The van der Waals surface area contributed by atoms with Crippen LogP contribution in [0.3, 0.4) is 0 Å². The van der Waals surface area contributed by atoms with Crippen molar-refractivity contribution in [2.24, 2.45) is 0 Å². The quantitative estimate of drug-likeness (QED) is 0.801. The number of fused-ring (bicyclic) bond motifs is 1. The predicted molar refractivity (Wildman–Crippen MR) is 95.3 cm³/mol. The summed E-state index contributed by atoms with van der Waals surface area (Å²) >= 11 is 7.54. The lowest BCUT2D eigenvalue weighted by Gasteiger charge is -2.31. The SMILES string of the molecule is CN(CCOc1ccc(Cl)cc1)C(=O)[C@@H]1CS[C@@]2(C)CCC(=O)N12. The van der Waals surface area contributed by atoms with Crippen LogP contribution in [0.15, 0.2) is 24.3 Å². The molecular weight excluding hydrogens is 348 g/mol. The van der Waals surface area contributed by atoms with Crippen LogP contribution in [0.1, 0.15) is 19.8 Å². The maximum Gasteiger partial charge on any atom is 0.246 e. The lowest BCUT2D eigenvalue weighted by atomic mass is 10.2. The molecule has 1 aromatic carbocycles. The van der Waals surface area contributed by atoms with E-state index in [9.17, 15) is 9.59 Å². The molecule has 1 aromatic rings. The average Bonchev–Trinajstić information content (AvgIpc) is 3.05. The van der Waals surface area contributed by atoms with Crippen molar-refractivity contribution in [1.29, 1.82) is 0 Å². The lowest BCUT2D eigenvalue weighted by Crippen LogP contribution is -2.51. The topological polar surface area (TPSA) is 49.9 Å². The van der Waals surface area contributed by atoms with E-state index in [4.69, 9.17) is 16.3 Å². The summed E-state index contributed by atoms with van der Waals surface area (Å²) in [7, 11) is 1.76. The molecular formula is C17H21ClN2O3S. The van der Waals surface area contributed by atoms with Crippen LogP contribution < -0.4 is 4.74 Å². The molecule has 2 saturated heterocycles. The van der Waals surface area contributed by atoms with Gasteiger partial charge in [-0.15, -0.1) is 11.8 Å².